The fourth-order valence-corrected chi connectivity index (χ4v) is 3.02. The average Bonchev–Trinajstić information content (AvgIpc) is 3.11. The molecule has 25 heavy (non-hydrogen) atoms. The summed E-state index contributed by atoms with van der Waals surface area (Å²) in [6.07, 6.45) is 4.55. The van der Waals surface area contributed by atoms with Crippen molar-refractivity contribution in [1.29, 1.82) is 0 Å². The van der Waals surface area contributed by atoms with E-state index in [0.717, 1.165) is 47.5 Å². The number of aryl methyl sites for hydroxylation is 1. The second-order valence-corrected chi connectivity index (χ2v) is 6.25. The van der Waals surface area contributed by atoms with Crippen LogP contribution in [0.5, 0.6) is 11.8 Å². The molecule has 0 spiro atoms. The fraction of sp³-hybridized carbons (Fsp3) is 0.316. The standard InChI is InChI=1S/C19H20N4O2/c1-13-10-20-19(21-11-13)25-16-7-8-23(12-16)18-6-3-14-9-15(24-2)4-5-17(14)22-18/h3-6,9-11,16H,7-8,12H2,1-2H3. The van der Waals surface area contributed by atoms with Gasteiger partial charge in [0.15, 0.2) is 0 Å². The Hall–Kier alpha value is -2.89. The van der Waals surface area contributed by atoms with E-state index in [9.17, 15) is 0 Å². The maximum atomic E-state index is 5.89. The third kappa shape index (κ3) is 3.33. The van der Waals surface area contributed by atoms with Crippen LogP contribution in [0.25, 0.3) is 10.9 Å². The van der Waals surface area contributed by atoms with Crippen LogP contribution in [0.2, 0.25) is 0 Å². The highest BCUT2D eigenvalue weighted by Gasteiger charge is 2.25. The zero-order valence-electron chi connectivity index (χ0n) is 14.3. The Labute approximate surface area is 146 Å². The van der Waals surface area contributed by atoms with E-state index in [0.29, 0.717) is 6.01 Å². The molecule has 0 bridgehead atoms. The lowest BCUT2D eigenvalue weighted by Crippen LogP contribution is -2.25. The number of hydrogen-bond acceptors (Lipinski definition) is 6. The summed E-state index contributed by atoms with van der Waals surface area (Å²) >= 11 is 0. The molecule has 1 aliphatic rings. The normalized spacial score (nSPS) is 17.0. The first-order chi connectivity index (χ1) is 12.2. The summed E-state index contributed by atoms with van der Waals surface area (Å²) in [5.41, 5.74) is 1.99. The number of benzene rings is 1. The zero-order chi connectivity index (χ0) is 17.2. The van der Waals surface area contributed by atoms with Crippen molar-refractivity contribution in [2.75, 3.05) is 25.1 Å². The largest absolute Gasteiger partial charge is 0.497 e. The number of methoxy groups -OCH3 is 1. The molecule has 0 saturated carbocycles. The van der Waals surface area contributed by atoms with E-state index in [-0.39, 0.29) is 6.10 Å². The van der Waals surface area contributed by atoms with Gasteiger partial charge in [0.25, 0.3) is 0 Å². The Kier molecular flexibility index (Phi) is 4.09. The van der Waals surface area contributed by atoms with Gasteiger partial charge < -0.3 is 14.4 Å². The molecule has 1 aromatic carbocycles. The minimum atomic E-state index is 0.0797. The summed E-state index contributed by atoms with van der Waals surface area (Å²) in [5, 5.41) is 1.07. The number of pyridine rings is 1. The molecule has 1 fully saturated rings. The molecule has 2 aromatic heterocycles. The van der Waals surface area contributed by atoms with Crippen molar-refractivity contribution in [3.63, 3.8) is 0 Å². The van der Waals surface area contributed by atoms with Crippen molar-refractivity contribution in [3.8, 4) is 11.8 Å². The number of aromatic nitrogens is 3. The zero-order valence-corrected chi connectivity index (χ0v) is 14.3. The summed E-state index contributed by atoms with van der Waals surface area (Å²) in [6, 6.07) is 10.5. The lowest BCUT2D eigenvalue weighted by atomic mass is 10.2. The smallest absolute Gasteiger partial charge is 0.316 e. The predicted molar refractivity (Wildman–Crippen MR) is 96.3 cm³/mol. The molecule has 1 aliphatic heterocycles. The summed E-state index contributed by atoms with van der Waals surface area (Å²) in [6.45, 7) is 3.65. The molecular formula is C19H20N4O2. The number of rotatable bonds is 4. The minimum Gasteiger partial charge on any atom is -0.497 e. The minimum absolute atomic E-state index is 0.0797. The highest BCUT2D eigenvalue weighted by atomic mass is 16.5. The van der Waals surface area contributed by atoms with Gasteiger partial charge in [-0.1, -0.05) is 0 Å². The number of fused-ring (bicyclic) bond motifs is 1. The van der Waals surface area contributed by atoms with Crippen LogP contribution in [0.1, 0.15) is 12.0 Å². The topological polar surface area (TPSA) is 60.4 Å². The molecule has 1 unspecified atom stereocenters. The first kappa shape index (κ1) is 15.6. The third-order valence-electron chi connectivity index (χ3n) is 4.38. The van der Waals surface area contributed by atoms with Crippen LogP contribution in [0.4, 0.5) is 5.82 Å². The van der Waals surface area contributed by atoms with Gasteiger partial charge in [0.2, 0.25) is 0 Å². The first-order valence-electron chi connectivity index (χ1n) is 8.36. The van der Waals surface area contributed by atoms with E-state index in [1.165, 1.54) is 0 Å². The molecular weight excluding hydrogens is 316 g/mol. The molecule has 4 rings (SSSR count). The van der Waals surface area contributed by atoms with Crippen LogP contribution in [0, 0.1) is 6.92 Å². The summed E-state index contributed by atoms with van der Waals surface area (Å²) in [4.78, 5) is 15.4. The number of anilines is 1. The Morgan fingerprint density at radius 1 is 1.12 bits per heavy atom. The van der Waals surface area contributed by atoms with Gasteiger partial charge in [0.1, 0.15) is 17.7 Å². The van der Waals surface area contributed by atoms with Gasteiger partial charge in [-0.25, -0.2) is 15.0 Å². The highest BCUT2D eigenvalue weighted by Crippen LogP contribution is 2.25. The van der Waals surface area contributed by atoms with E-state index in [4.69, 9.17) is 14.5 Å². The van der Waals surface area contributed by atoms with Crippen LogP contribution < -0.4 is 14.4 Å². The molecule has 128 valence electrons. The van der Waals surface area contributed by atoms with Crippen LogP contribution in [0.3, 0.4) is 0 Å². The van der Waals surface area contributed by atoms with Crippen molar-refractivity contribution in [2.24, 2.45) is 0 Å². The number of hydrogen-bond donors (Lipinski definition) is 0. The van der Waals surface area contributed by atoms with E-state index >= 15 is 0 Å². The third-order valence-corrected chi connectivity index (χ3v) is 4.38. The molecule has 6 nitrogen and oxygen atoms in total. The van der Waals surface area contributed by atoms with E-state index < -0.39 is 0 Å². The van der Waals surface area contributed by atoms with Crippen molar-refractivity contribution >= 4 is 16.7 Å². The second kappa shape index (κ2) is 6.55. The molecule has 6 heteroatoms. The summed E-state index contributed by atoms with van der Waals surface area (Å²) in [5.74, 6) is 1.81. The van der Waals surface area contributed by atoms with Crippen molar-refractivity contribution in [2.45, 2.75) is 19.4 Å². The van der Waals surface area contributed by atoms with Gasteiger partial charge >= 0.3 is 6.01 Å². The maximum absolute atomic E-state index is 5.89. The lowest BCUT2D eigenvalue weighted by Gasteiger charge is -2.18. The van der Waals surface area contributed by atoms with Crippen LogP contribution in [-0.2, 0) is 0 Å². The Morgan fingerprint density at radius 3 is 2.76 bits per heavy atom. The van der Waals surface area contributed by atoms with Crippen LogP contribution in [-0.4, -0.2) is 41.3 Å². The Morgan fingerprint density at radius 2 is 1.96 bits per heavy atom. The van der Waals surface area contributed by atoms with Gasteiger partial charge in [-0.05, 0) is 42.8 Å². The molecule has 3 heterocycles. The van der Waals surface area contributed by atoms with Gasteiger partial charge in [-0.2, -0.15) is 0 Å². The number of nitrogens with zero attached hydrogens (tertiary/aromatic N) is 4. The van der Waals surface area contributed by atoms with E-state index in [1.54, 1.807) is 19.5 Å². The van der Waals surface area contributed by atoms with Gasteiger partial charge in [-0.15, -0.1) is 0 Å². The van der Waals surface area contributed by atoms with Crippen LogP contribution in [0.15, 0.2) is 42.7 Å². The maximum Gasteiger partial charge on any atom is 0.316 e. The SMILES string of the molecule is COc1ccc2nc(N3CCC(Oc4ncc(C)cn4)C3)ccc2c1. The van der Waals surface area contributed by atoms with Crippen molar-refractivity contribution in [3.05, 3.63) is 48.3 Å². The molecule has 0 N–H and O–H groups in total. The first-order valence-corrected chi connectivity index (χ1v) is 8.36. The van der Waals surface area contributed by atoms with Crippen molar-refractivity contribution in [1.82, 2.24) is 15.0 Å². The fourth-order valence-electron chi connectivity index (χ4n) is 3.02. The van der Waals surface area contributed by atoms with Crippen molar-refractivity contribution < 1.29 is 9.47 Å². The van der Waals surface area contributed by atoms with Gasteiger partial charge in [0.05, 0.1) is 19.2 Å². The molecule has 0 amide bonds. The van der Waals surface area contributed by atoms with E-state index in [2.05, 4.69) is 20.9 Å². The van der Waals surface area contributed by atoms with Gasteiger partial charge in [0, 0.05) is 30.7 Å². The predicted octanol–water partition coefficient (Wildman–Crippen LogP) is 3.00. The summed E-state index contributed by atoms with van der Waals surface area (Å²) < 4.78 is 11.2. The monoisotopic (exact) mass is 336 g/mol. The van der Waals surface area contributed by atoms with Gasteiger partial charge in [-0.3, -0.25) is 0 Å². The molecule has 3 aromatic rings. The molecule has 0 aliphatic carbocycles. The highest BCUT2D eigenvalue weighted by molar-refractivity contribution is 5.81. The molecule has 1 atom stereocenters. The lowest BCUT2D eigenvalue weighted by molar-refractivity contribution is 0.206. The second-order valence-electron chi connectivity index (χ2n) is 6.25. The molecule has 0 radical (unpaired) electrons. The Balaban J connectivity index is 1.47. The molecule has 1 saturated heterocycles. The Bertz CT molecular complexity index is 882. The van der Waals surface area contributed by atoms with E-state index in [1.807, 2.05) is 31.2 Å². The summed E-state index contributed by atoms with van der Waals surface area (Å²) in [7, 11) is 1.67. The quantitative estimate of drug-likeness (QED) is 0.730. The van der Waals surface area contributed by atoms with Crippen LogP contribution >= 0.6 is 0 Å². The number of ether oxygens (including phenoxy) is 2. The average molecular weight is 336 g/mol.